The molecule has 0 spiro atoms. The van der Waals surface area contributed by atoms with Gasteiger partial charge in [0.25, 0.3) is 0 Å². The van der Waals surface area contributed by atoms with Gasteiger partial charge in [-0.1, -0.05) is 31.4 Å². The average molecular weight is 235 g/mol. The van der Waals surface area contributed by atoms with E-state index in [1.54, 1.807) is 11.8 Å². The minimum atomic E-state index is 1.02. The maximum Gasteiger partial charge on any atom is 0.0205 e. The van der Waals surface area contributed by atoms with Crippen LogP contribution in [0.3, 0.4) is 0 Å². The Morgan fingerprint density at radius 3 is 2.56 bits per heavy atom. The summed E-state index contributed by atoms with van der Waals surface area (Å²) >= 11 is 1.80. The van der Waals surface area contributed by atoms with Crippen LogP contribution in [0, 0.1) is 5.92 Å². The molecule has 2 heteroatoms. The van der Waals surface area contributed by atoms with Crippen molar-refractivity contribution >= 4 is 11.8 Å². The number of hydrogen-bond donors (Lipinski definition) is 1. The third kappa shape index (κ3) is 3.53. The van der Waals surface area contributed by atoms with Crippen molar-refractivity contribution in [2.24, 2.45) is 5.92 Å². The zero-order valence-electron chi connectivity index (χ0n) is 10.0. The first-order chi connectivity index (χ1) is 7.88. The normalized spacial score (nSPS) is 16.1. The van der Waals surface area contributed by atoms with Gasteiger partial charge in [0.15, 0.2) is 0 Å². The summed E-state index contributed by atoms with van der Waals surface area (Å²) in [6.07, 6.45) is 7.86. The maximum atomic E-state index is 3.53. The number of nitrogens with one attached hydrogen (secondary N) is 1. The van der Waals surface area contributed by atoms with E-state index in [0.29, 0.717) is 0 Å². The van der Waals surface area contributed by atoms with Crippen LogP contribution in [0.1, 0.15) is 31.2 Å². The van der Waals surface area contributed by atoms with E-state index in [1.807, 2.05) is 0 Å². The van der Waals surface area contributed by atoms with Gasteiger partial charge in [0.1, 0.15) is 0 Å². The van der Waals surface area contributed by atoms with Gasteiger partial charge in [-0.05, 0) is 42.8 Å². The lowest BCUT2D eigenvalue weighted by molar-refractivity contribution is 0.292. The summed E-state index contributed by atoms with van der Waals surface area (Å²) in [5.41, 5.74) is 1.39. The van der Waals surface area contributed by atoms with Crippen molar-refractivity contribution in [3.8, 4) is 0 Å². The van der Waals surface area contributed by atoms with Gasteiger partial charge in [0.05, 0.1) is 0 Å². The summed E-state index contributed by atoms with van der Waals surface area (Å²) in [5, 5.41) is 3.53. The molecule has 1 fully saturated rings. The molecule has 1 saturated carbocycles. The molecule has 0 aliphatic heterocycles. The summed E-state index contributed by atoms with van der Waals surface area (Å²) in [7, 11) is 0. The minimum absolute atomic E-state index is 1.02. The molecule has 88 valence electrons. The van der Waals surface area contributed by atoms with Gasteiger partial charge in [-0.2, -0.15) is 0 Å². The Bertz CT molecular complexity index is 303. The molecule has 1 N–H and O–H groups in total. The number of hydrogen-bond acceptors (Lipinski definition) is 2. The fraction of sp³-hybridized carbons (Fsp3) is 0.571. The number of rotatable bonds is 6. The first-order valence-corrected chi connectivity index (χ1v) is 7.44. The standard InChI is InChI=1S/C14H21NS/c1-16-14-7-5-13(6-8-14)11-15-10-9-12-3-2-4-12/h5-8,12,15H,2-4,9-11H2,1H3. The van der Waals surface area contributed by atoms with E-state index < -0.39 is 0 Å². The predicted molar refractivity (Wildman–Crippen MR) is 71.9 cm³/mol. The van der Waals surface area contributed by atoms with Crippen molar-refractivity contribution in [3.63, 3.8) is 0 Å². The second-order valence-corrected chi connectivity index (χ2v) is 5.49. The van der Waals surface area contributed by atoms with E-state index in [-0.39, 0.29) is 0 Å². The van der Waals surface area contributed by atoms with Gasteiger partial charge in [-0.3, -0.25) is 0 Å². The molecule has 1 aliphatic carbocycles. The topological polar surface area (TPSA) is 12.0 Å². The second-order valence-electron chi connectivity index (χ2n) is 4.61. The Kier molecular flexibility index (Phi) is 4.73. The lowest BCUT2D eigenvalue weighted by atomic mass is 9.83. The molecule has 1 nitrogen and oxygen atoms in total. The van der Waals surface area contributed by atoms with Crippen LogP contribution < -0.4 is 5.32 Å². The predicted octanol–water partition coefficient (Wildman–Crippen LogP) is 3.69. The van der Waals surface area contributed by atoms with Crippen molar-refractivity contribution in [3.05, 3.63) is 29.8 Å². The van der Waals surface area contributed by atoms with Crippen LogP contribution in [-0.2, 0) is 6.54 Å². The molecule has 0 atom stereocenters. The van der Waals surface area contributed by atoms with Crippen LogP contribution in [-0.4, -0.2) is 12.8 Å². The van der Waals surface area contributed by atoms with E-state index in [1.165, 1.54) is 42.7 Å². The molecule has 0 amide bonds. The molecule has 0 bridgehead atoms. The third-order valence-corrected chi connectivity index (χ3v) is 4.19. The highest BCUT2D eigenvalue weighted by atomic mass is 32.2. The summed E-state index contributed by atoms with van der Waals surface area (Å²) in [4.78, 5) is 1.35. The molecular weight excluding hydrogens is 214 g/mol. The summed E-state index contributed by atoms with van der Waals surface area (Å²) in [6, 6.07) is 8.85. The fourth-order valence-electron chi connectivity index (χ4n) is 2.06. The highest BCUT2D eigenvalue weighted by Crippen LogP contribution is 2.28. The zero-order chi connectivity index (χ0) is 11.2. The van der Waals surface area contributed by atoms with Crippen molar-refractivity contribution in [1.82, 2.24) is 5.32 Å². The van der Waals surface area contributed by atoms with Crippen LogP contribution >= 0.6 is 11.8 Å². The van der Waals surface area contributed by atoms with Crippen LogP contribution in [0.15, 0.2) is 29.2 Å². The lowest BCUT2D eigenvalue weighted by Gasteiger charge is -2.25. The Balaban J connectivity index is 1.64. The van der Waals surface area contributed by atoms with Gasteiger partial charge < -0.3 is 5.32 Å². The molecule has 0 aromatic heterocycles. The van der Waals surface area contributed by atoms with Crippen LogP contribution in [0.4, 0.5) is 0 Å². The second kappa shape index (κ2) is 6.31. The van der Waals surface area contributed by atoms with Crippen molar-refractivity contribution in [2.45, 2.75) is 37.1 Å². The highest BCUT2D eigenvalue weighted by Gasteiger charge is 2.15. The van der Waals surface area contributed by atoms with Gasteiger partial charge in [-0.15, -0.1) is 11.8 Å². The zero-order valence-corrected chi connectivity index (χ0v) is 10.9. The first-order valence-electron chi connectivity index (χ1n) is 6.22. The van der Waals surface area contributed by atoms with Crippen molar-refractivity contribution in [2.75, 3.05) is 12.8 Å². The molecule has 0 heterocycles. The quantitative estimate of drug-likeness (QED) is 0.596. The first kappa shape index (κ1) is 12.0. The molecular formula is C14H21NS. The average Bonchev–Trinajstić information content (AvgIpc) is 2.27. The Morgan fingerprint density at radius 2 is 2.00 bits per heavy atom. The molecule has 0 saturated heterocycles. The molecule has 1 aromatic rings. The summed E-state index contributed by atoms with van der Waals surface area (Å²) < 4.78 is 0. The van der Waals surface area contributed by atoms with Gasteiger partial charge >= 0.3 is 0 Å². The Morgan fingerprint density at radius 1 is 1.25 bits per heavy atom. The molecule has 16 heavy (non-hydrogen) atoms. The smallest absolute Gasteiger partial charge is 0.0205 e. The van der Waals surface area contributed by atoms with Crippen LogP contribution in [0.25, 0.3) is 0 Å². The minimum Gasteiger partial charge on any atom is -0.313 e. The Labute approximate surface area is 103 Å². The number of thioether (sulfide) groups is 1. The van der Waals surface area contributed by atoms with E-state index in [2.05, 4.69) is 35.8 Å². The van der Waals surface area contributed by atoms with Crippen molar-refractivity contribution in [1.29, 1.82) is 0 Å². The fourth-order valence-corrected chi connectivity index (χ4v) is 2.47. The molecule has 1 aromatic carbocycles. The molecule has 2 rings (SSSR count). The van der Waals surface area contributed by atoms with Gasteiger partial charge in [-0.25, -0.2) is 0 Å². The third-order valence-electron chi connectivity index (χ3n) is 3.44. The lowest BCUT2D eigenvalue weighted by Crippen LogP contribution is -2.21. The molecule has 0 radical (unpaired) electrons. The molecule has 1 aliphatic rings. The highest BCUT2D eigenvalue weighted by molar-refractivity contribution is 7.98. The van der Waals surface area contributed by atoms with Crippen LogP contribution in [0.2, 0.25) is 0 Å². The van der Waals surface area contributed by atoms with E-state index in [9.17, 15) is 0 Å². The monoisotopic (exact) mass is 235 g/mol. The van der Waals surface area contributed by atoms with Gasteiger partial charge in [0.2, 0.25) is 0 Å². The van der Waals surface area contributed by atoms with E-state index >= 15 is 0 Å². The van der Waals surface area contributed by atoms with Gasteiger partial charge in [0, 0.05) is 11.4 Å². The van der Waals surface area contributed by atoms with E-state index in [0.717, 1.165) is 12.5 Å². The largest absolute Gasteiger partial charge is 0.313 e. The van der Waals surface area contributed by atoms with Crippen molar-refractivity contribution < 1.29 is 0 Å². The number of benzene rings is 1. The van der Waals surface area contributed by atoms with Crippen LogP contribution in [0.5, 0.6) is 0 Å². The maximum absolute atomic E-state index is 3.53. The van der Waals surface area contributed by atoms with E-state index in [4.69, 9.17) is 0 Å². The molecule has 0 unspecified atom stereocenters. The Hall–Kier alpha value is -0.470. The summed E-state index contributed by atoms with van der Waals surface area (Å²) in [5.74, 6) is 1.02. The SMILES string of the molecule is CSc1ccc(CNCCC2CCC2)cc1. The summed E-state index contributed by atoms with van der Waals surface area (Å²) in [6.45, 7) is 2.19.